The summed E-state index contributed by atoms with van der Waals surface area (Å²) in [6, 6.07) is 0. The van der Waals surface area contributed by atoms with Gasteiger partial charge in [-0.2, -0.15) is 0 Å². The van der Waals surface area contributed by atoms with Gasteiger partial charge in [-0.05, 0) is 87.5 Å². The van der Waals surface area contributed by atoms with Crippen molar-refractivity contribution in [3.63, 3.8) is 0 Å². The molecule has 5 aliphatic rings. The number of ketones is 1. The molecule has 0 aromatic carbocycles. The van der Waals surface area contributed by atoms with Crippen molar-refractivity contribution in [2.24, 2.45) is 33.7 Å². The van der Waals surface area contributed by atoms with Crippen LogP contribution in [0.5, 0.6) is 0 Å². The van der Waals surface area contributed by atoms with Crippen LogP contribution in [0.3, 0.4) is 0 Å². The summed E-state index contributed by atoms with van der Waals surface area (Å²) in [5.74, 6) is -0.616. The molecule has 5 rings (SSSR count). The lowest BCUT2D eigenvalue weighted by atomic mass is 9.46. The molecule has 1 N–H and O–H groups in total. The minimum Gasteiger partial charge on any atom is -0.383 e. The molecule has 1 heterocycles. The number of hydrogen-bond acceptors (Lipinski definition) is 8. The number of imide groups is 1. The SMILES string of the molecule is CC(=O)[C@@]1(O)CC[C@H]2[C@@H]3CCC4=C/C(=N/OCC(=O)ON5C(=O)CCC5=O)CC[C@]4(C)[C@H]3CC[C@@]21C. The molecular formula is C27H36N2O7. The lowest BCUT2D eigenvalue weighted by Gasteiger charge is -2.59. The molecule has 0 bridgehead atoms. The molecular weight excluding hydrogens is 464 g/mol. The Morgan fingerprint density at radius 3 is 2.42 bits per heavy atom. The third-order valence-electron chi connectivity index (χ3n) is 10.3. The zero-order valence-corrected chi connectivity index (χ0v) is 21.4. The third-order valence-corrected chi connectivity index (χ3v) is 10.3. The number of amides is 2. The van der Waals surface area contributed by atoms with Gasteiger partial charge in [0.15, 0.2) is 5.78 Å². The molecule has 0 aromatic rings. The standard InChI is InChI=1S/C27H36N2O7/c1-16(30)27(34)13-10-21-19-5-4-17-14-18(8-11-25(17,2)20(19)9-12-26(21,27)3)28-35-15-24(33)36-29-22(31)6-7-23(29)32/h14,19-21,34H,4-13,15H2,1-3H3/b28-18+/t19-,20+,21+,25+,26+,27+/m1/s1. The summed E-state index contributed by atoms with van der Waals surface area (Å²) in [6.45, 7) is 5.55. The van der Waals surface area contributed by atoms with E-state index in [1.807, 2.05) is 0 Å². The van der Waals surface area contributed by atoms with Gasteiger partial charge in [0.1, 0.15) is 5.60 Å². The number of aliphatic hydroxyl groups is 1. The second kappa shape index (κ2) is 8.78. The molecule has 9 nitrogen and oxygen atoms in total. The van der Waals surface area contributed by atoms with Gasteiger partial charge in [0, 0.05) is 18.3 Å². The molecule has 4 aliphatic carbocycles. The Kier molecular flexibility index (Phi) is 6.13. The van der Waals surface area contributed by atoms with Gasteiger partial charge in [0.25, 0.3) is 11.8 Å². The fourth-order valence-corrected chi connectivity index (χ4v) is 8.19. The van der Waals surface area contributed by atoms with Crippen molar-refractivity contribution in [1.29, 1.82) is 0 Å². The Balaban J connectivity index is 1.24. The average Bonchev–Trinajstić information content (AvgIpc) is 3.30. The second-order valence-corrected chi connectivity index (χ2v) is 11.8. The van der Waals surface area contributed by atoms with Gasteiger partial charge in [0.05, 0.1) is 5.71 Å². The number of fused-ring (bicyclic) bond motifs is 5. The van der Waals surface area contributed by atoms with Crippen LogP contribution in [0.2, 0.25) is 0 Å². The van der Waals surface area contributed by atoms with E-state index in [1.54, 1.807) is 0 Å². The van der Waals surface area contributed by atoms with Gasteiger partial charge in [0.2, 0.25) is 6.61 Å². The van der Waals surface area contributed by atoms with E-state index < -0.39 is 30.0 Å². The van der Waals surface area contributed by atoms with Crippen molar-refractivity contribution < 1.29 is 34.0 Å². The summed E-state index contributed by atoms with van der Waals surface area (Å²) < 4.78 is 0. The van der Waals surface area contributed by atoms with Crippen LogP contribution >= 0.6 is 0 Å². The molecule has 0 radical (unpaired) electrons. The number of hydrogen-bond donors (Lipinski definition) is 1. The summed E-state index contributed by atoms with van der Waals surface area (Å²) in [5, 5.41) is 16.0. The van der Waals surface area contributed by atoms with Crippen LogP contribution in [0.25, 0.3) is 0 Å². The molecule has 6 atom stereocenters. The zero-order chi connectivity index (χ0) is 25.9. The summed E-state index contributed by atoms with van der Waals surface area (Å²) in [5.41, 5.74) is 0.646. The van der Waals surface area contributed by atoms with E-state index in [1.165, 1.54) is 12.5 Å². The normalized spacial score (nSPS) is 40.9. The van der Waals surface area contributed by atoms with E-state index in [4.69, 9.17) is 9.68 Å². The first-order valence-corrected chi connectivity index (χ1v) is 13.2. The van der Waals surface area contributed by atoms with E-state index in [2.05, 4.69) is 25.1 Å². The van der Waals surface area contributed by atoms with E-state index in [0.717, 1.165) is 50.7 Å². The molecule has 0 spiro atoms. The van der Waals surface area contributed by atoms with Crippen LogP contribution < -0.4 is 0 Å². The molecule has 0 unspecified atom stereocenters. The van der Waals surface area contributed by atoms with Crippen LogP contribution in [0.4, 0.5) is 0 Å². The molecule has 4 fully saturated rings. The molecule has 0 aromatic heterocycles. The number of carbonyl (C=O) groups is 4. The van der Waals surface area contributed by atoms with Crippen molar-refractivity contribution in [3.8, 4) is 0 Å². The first-order chi connectivity index (χ1) is 17.0. The lowest BCUT2D eigenvalue weighted by Crippen LogP contribution is -2.57. The van der Waals surface area contributed by atoms with Crippen LogP contribution in [0.15, 0.2) is 16.8 Å². The topological polar surface area (TPSA) is 123 Å². The van der Waals surface area contributed by atoms with Crippen molar-refractivity contribution in [2.75, 3.05) is 6.61 Å². The Morgan fingerprint density at radius 2 is 1.72 bits per heavy atom. The predicted octanol–water partition coefficient (Wildman–Crippen LogP) is 3.25. The Morgan fingerprint density at radius 1 is 1.03 bits per heavy atom. The third kappa shape index (κ3) is 3.73. The molecule has 36 heavy (non-hydrogen) atoms. The monoisotopic (exact) mass is 500 g/mol. The van der Waals surface area contributed by atoms with E-state index in [0.29, 0.717) is 29.2 Å². The zero-order valence-electron chi connectivity index (χ0n) is 21.4. The minimum absolute atomic E-state index is 0.0427. The maximum absolute atomic E-state index is 12.4. The van der Waals surface area contributed by atoms with Gasteiger partial charge in [-0.3, -0.25) is 14.4 Å². The second-order valence-electron chi connectivity index (χ2n) is 11.8. The smallest absolute Gasteiger partial charge is 0.373 e. The number of carbonyl (C=O) groups excluding carboxylic acids is 4. The molecule has 1 saturated heterocycles. The fourth-order valence-electron chi connectivity index (χ4n) is 8.19. The number of Topliss-reactive ketones (excluding diaryl/α,β-unsaturated/α-hetero) is 1. The molecule has 3 saturated carbocycles. The maximum atomic E-state index is 12.4. The lowest BCUT2D eigenvalue weighted by molar-refractivity contribution is -0.200. The highest BCUT2D eigenvalue weighted by molar-refractivity contribution is 6.01. The minimum atomic E-state index is -1.19. The average molecular weight is 501 g/mol. The summed E-state index contributed by atoms with van der Waals surface area (Å²) >= 11 is 0. The van der Waals surface area contributed by atoms with Crippen molar-refractivity contribution in [1.82, 2.24) is 5.06 Å². The molecule has 2 amide bonds. The van der Waals surface area contributed by atoms with Gasteiger partial charge >= 0.3 is 5.97 Å². The molecule has 9 heteroatoms. The number of rotatable bonds is 5. The number of hydroxylamine groups is 2. The van der Waals surface area contributed by atoms with Gasteiger partial charge in [-0.1, -0.05) is 24.6 Å². The first kappa shape index (κ1) is 25.1. The Bertz CT molecular complexity index is 1050. The summed E-state index contributed by atoms with van der Waals surface area (Å²) in [7, 11) is 0. The fraction of sp³-hybridized carbons (Fsp3) is 0.741. The first-order valence-electron chi connectivity index (χ1n) is 13.2. The van der Waals surface area contributed by atoms with Crippen LogP contribution in [0.1, 0.15) is 85.0 Å². The van der Waals surface area contributed by atoms with Gasteiger partial charge in [-0.15, -0.1) is 5.06 Å². The van der Waals surface area contributed by atoms with Crippen LogP contribution in [-0.2, 0) is 28.9 Å². The van der Waals surface area contributed by atoms with Crippen molar-refractivity contribution in [3.05, 3.63) is 11.6 Å². The highest BCUT2D eigenvalue weighted by Crippen LogP contribution is 2.67. The van der Waals surface area contributed by atoms with Crippen LogP contribution in [-0.4, -0.2) is 51.7 Å². The Hall–Kier alpha value is -2.55. The van der Waals surface area contributed by atoms with Gasteiger partial charge < -0.3 is 14.8 Å². The highest BCUT2D eigenvalue weighted by atomic mass is 16.7. The van der Waals surface area contributed by atoms with Crippen LogP contribution in [0, 0.1) is 28.6 Å². The quantitative estimate of drug-likeness (QED) is 0.454. The Labute approximate surface area is 211 Å². The number of oxime groups is 1. The summed E-state index contributed by atoms with van der Waals surface area (Å²) in [6.07, 6.45) is 9.19. The summed E-state index contributed by atoms with van der Waals surface area (Å²) in [4.78, 5) is 57.5. The molecule has 196 valence electrons. The van der Waals surface area contributed by atoms with E-state index in [9.17, 15) is 24.3 Å². The number of allylic oxidation sites excluding steroid dienone is 2. The van der Waals surface area contributed by atoms with Crippen molar-refractivity contribution >= 4 is 29.3 Å². The highest BCUT2D eigenvalue weighted by Gasteiger charge is 2.65. The van der Waals surface area contributed by atoms with Crippen molar-refractivity contribution in [2.45, 2.75) is 90.6 Å². The van der Waals surface area contributed by atoms with Gasteiger partial charge in [-0.25, -0.2) is 4.79 Å². The predicted molar refractivity (Wildman–Crippen MR) is 128 cm³/mol. The number of nitrogens with zero attached hydrogens (tertiary/aromatic N) is 2. The van der Waals surface area contributed by atoms with E-state index >= 15 is 0 Å². The molecule has 1 aliphatic heterocycles. The van der Waals surface area contributed by atoms with E-state index in [-0.39, 0.29) is 29.5 Å². The largest absolute Gasteiger partial charge is 0.383 e. The maximum Gasteiger partial charge on any atom is 0.373 e.